The molecule has 0 saturated heterocycles. The molecular formula is C28H55N7O5. The van der Waals surface area contributed by atoms with Gasteiger partial charge in [-0.05, 0) is 44.6 Å². The van der Waals surface area contributed by atoms with Gasteiger partial charge in [0.05, 0.1) is 6.54 Å². The first-order valence-corrected chi connectivity index (χ1v) is 14.0. The van der Waals surface area contributed by atoms with Crippen LogP contribution in [0.15, 0.2) is 24.3 Å². The Morgan fingerprint density at radius 2 is 1.50 bits per heavy atom. The van der Waals surface area contributed by atoms with Crippen LogP contribution in [-0.4, -0.2) is 87.1 Å². The van der Waals surface area contributed by atoms with Crippen LogP contribution in [0.2, 0.25) is 0 Å². The molecule has 0 aliphatic heterocycles. The largest absolute Gasteiger partial charge is 0.445 e. The lowest BCUT2D eigenvalue weighted by Crippen LogP contribution is -2.46. The molecule has 0 radical (unpaired) electrons. The molecule has 7 N–H and O–H groups in total. The number of hydrogen-bond donors (Lipinski definition) is 5. The Hall–Kier alpha value is -3.38. The fraction of sp³-hybridized carbons (Fsp3) is 0.643. The second-order valence-electron chi connectivity index (χ2n) is 8.43. The Balaban J connectivity index is -0.00000178. The van der Waals surface area contributed by atoms with E-state index >= 15 is 0 Å². The first-order chi connectivity index (χ1) is 19.0. The third-order valence-corrected chi connectivity index (χ3v) is 4.58. The summed E-state index contributed by atoms with van der Waals surface area (Å²) in [6.07, 6.45) is 1.55. The number of amides is 5. The lowest BCUT2D eigenvalue weighted by atomic mass is 10.1. The van der Waals surface area contributed by atoms with Crippen molar-refractivity contribution in [3.05, 3.63) is 29.8 Å². The minimum absolute atomic E-state index is 0.0986. The van der Waals surface area contributed by atoms with Gasteiger partial charge in [-0.15, -0.1) is 0 Å². The van der Waals surface area contributed by atoms with E-state index in [4.69, 9.17) is 16.2 Å². The molecule has 0 spiro atoms. The molecule has 12 nitrogen and oxygen atoms in total. The van der Waals surface area contributed by atoms with Crippen LogP contribution in [0, 0.1) is 0 Å². The normalized spacial score (nSPS) is 10.2. The maximum atomic E-state index is 12.6. The molecular weight excluding hydrogens is 514 g/mol. The molecule has 1 rings (SSSR count). The molecule has 0 aliphatic carbocycles. The van der Waals surface area contributed by atoms with Gasteiger partial charge in [0, 0.05) is 32.4 Å². The molecule has 40 heavy (non-hydrogen) atoms. The molecule has 12 heteroatoms. The van der Waals surface area contributed by atoms with Crippen molar-refractivity contribution in [2.24, 2.45) is 11.5 Å². The molecule has 0 aliphatic rings. The average molecular weight is 570 g/mol. The number of nitrogens with zero attached hydrogens (tertiary/aromatic N) is 2. The number of likely N-dealkylation sites (N-methyl/N-ethyl adjacent to an activating group) is 2. The third-order valence-electron chi connectivity index (χ3n) is 4.58. The predicted octanol–water partition coefficient (Wildman–Crippen LogP) is 3.12. The molecule has 0 saturated carbocycles. The summed E-state index contributed by atoms with van der Waals surface area (Å²) in [6, 6.07) is 5.32. The summed E-state index contributed by atoms with van der Waals surface area (Å²) in [5, 5.41) is 7.72. The number of carbonyl (C=O) groups excluding carboxylic acids is 4. The van der Waals surface area contributed by atoms with Crippen molar-refractivity contribution in [3.63, 3.8) is 0 Å². The zero-order chi connectivity index (χ0) is 31.5. The number of rotatable bonds is 13. The molecule has 1 aromatic carbocycles. The van der Waals surface area contributed by atoms with Gasteiger partial charge in [-0.1, -0.05) is 60.1 Å². The van der Waals surface area contributed by atoms with E-state index in [2.05, 4.69) is 29.8 Å². The summed E-state index contributed by atoms with van der Waals surface area (Å²) in [5.41, 5.74) is 11.6. The minimum atomic E-state index is -0.825. The molecule has 5 amide bonds. The van der Waals surface area contributed by atoms with Crippen LogP contribution < -0.4 is 27.4 Å². The number of nitrogens with one attached hydrogen (secondary N) is 3. The summed E-state index contributed by atoms with van der Waals surface area (Å²) >= 11 is 0. The predicted molar refractivity (Wildman–Crippen MR) is 163 cm³/mol. The highest BCUT2D eigenvalue weighted by Crippen LogP contribution is 2.12. The number of hydrogen-bond acceptors (Lipinski definition) is 7. The topological polar surface area (TPSA) is 172 Å². The Morgan fingerprint density at radius 3 is 1.98 bits per heavy atom. The van der Waals surface area contributed by atoms with Crippen molar-refractivity contribution in [1.29, 1.82) is 0 Å². The van der Waals surface area contributed by atoms with Crippen molar-refractivity contribution >= 4 is 29.6 Å². The Morgan fingerprint density at radius 1 is 0.950 bits per heavy atom. The van der Waals surface area contributed by atoms with E-state index in [1.165, 1.54) is 11.3 Å². The van der Waals surface area contributed by atoms with Gasteiger partial charge in [-0.3, -0.25) is 9.59 Å². The van der Waals surface area contributed by atoms with Crippen molar-refractivity contribution in [1.82, 2.24) is 20.4 Å². The van der Waals surface area contributed by atoms with Crippen LogP contribution in [0.1, 0.15) is 66.4 Å². The number of carbonyl (C=O) groups is 4. The Labute approximate surface area is 241 Å². The van der Waals surface area contributed by atoms with E-state index in [0.717, 1.165) is 12.1 Å². The van der Waals surface area contributed by atoms with Crippen LogP contribution in [0.3, 0.4) is 0 Å². The third kappa shape index (κ3) is 22.6. The molecule has 1 atom stereocenters. The van der Waals surface area contributed by atoms with Gasteiger partial charge in [-0.25, -0.2) is 9.59 Å². The number of ether oxygens (including phenoxy) is 1. The van der Waals surface area contributed by atoms with Crippen LogP contribution in [-0.2, 0) is 20.9 Å². The summed E-state index contributed by atoms with van der Waals surface area (Å²) in [5.74, 6) is -0.886. The zero-order valence-electron chi connectivity index (χ0n) is 26.1. The second-order valence-corrected chi connectivity index (χ2v) is 8.43. The molecule has 0 bridgehead atoms. The smallest absolute Gasteiger partial charge is 0.409 e. The van der Waals surface area contributed by atoms with Crippen LogP contribution >= 0.6 is 0 Å². The first-order valence-electron chi connectivity index (χ1n) is 14.0. The lowest BCUT2D eigenvalue weighted by Gasteiger charge is -2.19. The number of benzene rings is 1. The van der Waals surface area contributed by atoms with E-state index < -0.39 is 30.0 Å². The zero-order valence-corrected chi connectivity index (χ0v) is 26.1. The quantitative estimate of drug-likeness (QED) is 0.227. The van der Waals surface area contributed by atoms with Crippen LogP contribution in [0.25, 0.3) is 0 Å². The molecule has 232 valence electrons. The number of urea groups is 1. The van der Waals surface area contributed by atoms with Crippen molar-refractivity contribution < 1.29 is 23.9 Å². The summed E-state index contributed by atoms with van der Waals surface area (Å²) in [6.45, 7) is 13.7. The number of nitrogens with two attached hydrogens (primary N) is 2. The highest BCUT2D eigenvalue weighted by molar-refractivity contribution is 5.97. The van der Waals surface area contributed by atoms with E-state index in [9.17, 15) is 19.2 Å². The van der Waals surface area contributed by atoms with Gasteiger partial charge in [0.25, 0.3) is 0 Å². The monoisotopic (exact) mass is 569 g/mol. The number of anilines is 1. The van der Waals surface area contributed by atoms with Gasteiger partial charge in [0.1, 0.15) is 12.6 Å². The standard InChI is InChI=1S/C21H35N7O5.C3H8.2C2H6/c1-27(2)11-12-28(3)21(32)33-14-15-6-8-16(9-7-15)25-19(30)17(26-18(29)13-22)5-4-10-24-20(23)31;1-3-2;2*1-2/h6-9,17H,4-5,10-14,22H2,1-3H3,(H,25,30)(H,26,29)(H3,23,24,31);3H2,1-2H3;2*1-2H3. The summed E-state index contributed by atoms with van der Waals surface area (Å²) < 4.78 is 5.29. The van der Waals surface area contributed by atoms with Gasteiger partial charge >= 0.3 is 12.1 Å². The Bertz CT molecular complexity index is 805. The van der Waals surface area contributed by atoms with E-state index in [0.29, 0.717) is 18.7 Å². The summed E-state index contributed by atoms with van der Waals surface area (Å²) in [4.78, 5) is 50.5. The van der Waals surface area contributed by atoms with Gasteiger partial charge in [0.2, 0.25) is 11.8 Å². The van der Waals surface area contributed by atoms with Gasteiger partial charge < -0.3 is 42.0 Å². The van der Waals surface area contributed by atoms with E-state index in [1.807, 2.05) is 46.7 Å². The fourth-order valence-corrected chi connectivity index (χ4v) is 2.65. The van der Waals surface area contributed by atoms with Crippen molar-refractivity contribution in [2.75, 3.05) is 52.6 Å². The number of primary amides is 1. The maximum Gasteiger partial charge on any atom is 0.409 e. The van der Waals surface area contributed by atoms with E-state index in [-0.39, 0.29) is 26.1 Å². The average Bonchev–Trinajstić information content (AvgIpc) is 2.94. The van der Waals surface area contributed by atoms with Gasteiger partial charge in [-0.2, -0.15) is 0 Å². The van der Waals surface area contributed by atoms with Crippen LogP contribution in [0.4, 0.5) is 15.3 Å². The molecule has 0 fully saturated rings. The van der Waals surface area contributed by atoms with E-state index in [1.54, 1.807) is 31.3 Å². The highest BCUT2D eigenvalue weighted by atomic mass is 16.6. The fourth-order valence-electron chi connectivity index (χ4n) is 2.65. The molecule has 1 aromatic rings. The van der Waals surface area contributed by atoms with Crippen molar-refractivity contribution in [3.8, 4) is 0 Å². The highest BCUT2D eigenvalue weighted by Gasteiger charge is 2.20. The molecule has 0 heterocycles. The SMILES string of the molecule is CC.CC.CCC.CN(C)CCN(C)C(=O)OCc1ccc(NC(=O)C(CCCNC(N)=O)NC(=O)CN)cc1. The minimum Gasteiger partial charge on any atom is -0.445 e. The second kappa shape index (κ2) is 27.2. The molecule has 0 aromatic heterocycles. The molecule has 1 unspecified atom stereocenters. The van der Waals surface area contributed by atoms with Gasteiger partial charge in [0.15, 0.2) is 0 Å². The first kappa shape index (κ1) is 41.1. The maximum absolute atomic E-state index is 12.6. The van der Waals surface area contributed by atoms with Crippen molar-refractivity contribution in [2.45, 2.75) is 73.5 Å². The summed E-state index contributed by atoms with van der Waals surface area (Å²) in [7, 11) is 5.53. The van der Waals surface area contributed by atoms with Crippen LogP contribution in [0.5, 0.6) is 0 Å². The lowest BCUT2D eigenvalue weighted by molar-refractivity contribution is -0.125. The Kier molecular flexibility index (Phi) is 27.9.